The summed E-state index contributed by atoms with van der Waals surface area (Å²) in [6.07, 6.45) is 4.52. The van der Waals surface area contributed by atoms with Gasteiger partial charge in [0, 0.05) is 12.2 Å². The van der Waals surface area contributed by atoms with Crippen molar-refractivity contribution in [1.82, 2.24) is 14.1 Å². The van der Waals surface area contributed by atoms with Crippen molar-refractivity contribution in [2.45, 2.75) is 37.1 Å². The maximum Gasteiger partial charge on any atom is 0.337 e. The number of aryl methyl sites for hydroxylation is 2. The van der Waals surface area contributed by atoms with E-state index in [0.717, 1.165) is 40.6 Å². The molecule has 174 valence electrons. The molecular formula is C25H24N4O3S2. The first kappa shape index (κ1) is 22.6. The fourth-order valence-electron chi connectivity index (χ4n) is 4.37. The lowest BCUT2D eigenvalue weighted by Crippen LogP contribution is -2.44. The Balaban J connectivity index is 1.64. The molecule has 0 fully saturated rings. The third kappa shape index (κ3) is 3.88. The second-order valence-electron chi connectivity index (χ2n) is 8.14. The van der Waals surface area contributed by atoms with E-state index < -0.39 is 11.2 Å². The van der Waals surface area contributed by atoms with Crippen LogP contribution in [0.4, 0.5) is 5.69 Å². The Kier molecular flexibility index (Phi) is 6.14. The molecule has 5 rings (SSSR count). The maximum absolute atomic E-state index is 13.6. The van der Waals surface area contributed by atoms with Gasteiger partial charge in [-0.05, 0) is 54.8 Å². The number of thioether (sulfide) groups is 1. The van der Waals surface area contributed by atoms with Crippen LogP contribution in [-0.4, -0.2) is 32.8 Å². The molecule has 0 saturated heterocycles. The van der Waals surface area contributed by atoms with Crippen LogP contribution >= 0.6 is 23.1 Å². The predicted molar refractivity (Wildman–Crippen MR) is 138 cm³/mol. The third-order valence-electron chi connectivity index (χ3n) is 6.15. The predicted octanol–water partition coefficient (Wildman–Crippen LogP) is 3.87. The Morgan fingerprint density at radius 2 is 1.88 bits per heavy atom. The second kappa shape index (κ2) is 9.23. The average Bonchev–Trinajstić information content (AvgIpc) is 3.31. The van der Waals surface area contributed by atoms with Gasteiger partial charge < -0.3 is 4.90 Å². The van der Waals surface area contributed by atoms with Crippen molar-refractivity contribution in [1.29, 1.82) is 0 Å². The number of thiazole rings is 1. The minimum atomic E-state index is -0.557. The molecule has 9 heteroatoms. The van der Waals surface area contributed by atoms with Crippen LogP contribution in [-0.2, 0) is 24.2 Å². The van der Waals surface area contributed by atoms with Crippen molar-refractivity contribution >= 4 is 45.0 Å². The van der Waals surface area contributed by atoms with Gasteiger partial charge in [0.25, 0.3) is 5.56 Å². The zero-order valence-electron chi connectivity index (χ0n) is 19.0. The molecule has 4 aromatic rings. The van der Waals surface area contributed by atoms with Gasteiger partial charge >= 0.3 is 5.69 Å². The largest absolute Gasteiger partial charge is 0.337 e. The molecule has 0 saturated carbocycles. The zero-order valence-corrected chi connectivity index (χ0v) is 20.6. The van der Waals surface area contributed by atoms with Gasteiger partial charge in [0.05, 0.1) is 5.69 Å². The van der Waals surface area contributed by atoms with Crippen molar-refractivity contribution in [3.05, 3.63) is 80.5 Å². The monoisotopic (exact) mass is 492 g/mol. The summed E-state index contributed by atoms with van der Waals surface area (Å²) in [4.78, 5) is 46.7. The van der Waals surface area contributed by atoms with E-state index in [9.17, 15) is 14.4 Å². The first-order valence-electron chi connectivity index (χ1n) is 11.2. The van der Waals surface area contributed by atoms with E-state index in [1.54, 1.807) is 17.0 Å². The van der Waals surface area contributed by atoms with Crippen LogP contribution in [0.5, 0.6) is 0 Å². The second-order valence-corrected chi connectivity index (χ2v) is 10.2. The van der Waals surface area contributed by atoms with Gasteiger partial charge in [0.15, 0.2) is 9.99 Å². The maximum atomic E-state index is 13.6. The first-order chi connectivity index (χ1) is 16.5. The number of aromatic nitrogens is 3. The van der Waals surface area contributed by atoms with Crippen LogP contribution in [0.15, 0.2) is 62.5 Å². The lowest BCUT2D eigenvalue weighted by Gasteiger charge is -2.29. The van der Waals surface area contributed by atoms with Gasteiger partial charge in [0.2, 0.25) is 5.91 Å². The van der Waals surface area contributed by atoms with E-state index in [-0.39, 0.29) is 18.1 Å². The number of carbonyl (C=O) groups is 1. The Morgan fingerprint density at radius 1 is 1.12 bits per heavy atom. The summed E-state index contributed by atoms with van der Waals surface area (Å²) in [5.41, 5.74) is 2.91. The summed E-state index contributed by atoms with van der Waals surface area (Å²) in [5.74, 6) is -0.194. The highest BCUT2D eigenvalue weighted by atomic mass is 32.2. The Hall–Kier alpha value is -3.17. The number of fused-ring (bicyclic) bond motifs is 2. The Bertz CT molecular complexity index is 1500. The topological polar surface area (TPSA) is 77.2 Å². The minimum absolute atomic E-state index is 0.186. The summed E-state index contributed by atoms with van der Waals surface area (Å²) >= 11 is 2.66. The summed E-state index contributed by atoms with van der Waals surface area (Å²) in [5, 5.41) is 0. The summed E-state index contributed by atoms with van der Waals surface area (Å²) in [6, 6.07) is 15.2. The highest BCUT2D eigenvalue weighted by Gasteiger charge is 2.25. The number of carbonyl (C=O) groups excluding carboxylic acids is 1. The van der Waals surface area contributed by atoms with Crippen molar-refractivity contribution < 1.29 is 4.79 Å². The van der Waals surface area contributed by atoms with Crippen molar-refractivity contribution in [3.8, 4) is 5.69 Å². The zero-order chi connectivity index (χ0) is 23.8. The number of anilines is 1. The molecular weight excluding hydrogens is 468 g/mol. The van der Waals surface area contributed by atoms with Crippen LogP contribution in [0.2, 0.25) is 0 Å². The van der Waals surface area contributed by atoms with Gasteiger partial charge in [-0.2, -0.15) is 0 Å². The summed E-state index contributed by atoms with van der Waals surface area (Å²) in [7, 11) is 0. The van der Waals surface area contributed by atoms with Gasteiger partial charge in [-0.3, -0.25) is 14.2 Å². The molecule has 0 spiro atoms. The van der Waals surface area contributed by atoms with E-state index in [2.05, 4.69) is 4.98 Å². The number of hydrogen-bond donors (Lipinski definition) is 0. The van der Waals surface area contributed by atoms with Gasteiger partial charge in [0.1, 0.15) is 11.2 Å². The van der Waals surface area contributed by atoms with Gasteiger partial charge in [-0.1, -0.05) is 49.0 Å². The van der Waals surface area contributed by atoms with Crippen LogP contribution in [0, 0.1) is 0 Å². The minimum Gasteiger partial charge on any atom is -0.311 e. The van der Waals surface area contributed by atoms with E-state index in [1.165, 1.54) is 27.7 Å². The molecule has 0 aliphatic carbocycles. The molecule has 0 radical (unpaired) electrons. The SMILES string of the molecule is CCc1ccc(-n2c(=O)c3sc(SC)nc3n(CC(=O)N3CCCc4ccccc43)c2=O)cc1. The van der Waals surface area contributed by atoms with Gasteiger partial charge in [-0.15, -0.1) is 11.3 Å². The lowest BCUT2D eigenvalue weighted by atomic mass is 10.0. The molecule has 1 aliphatic rings. The molecule has 1 amide bonds. The van der Waals surface area contributed by atoms with E-state index in [0.29, 0.717) is 21.3 Å². The number of hydrogen-bond acceptors (Lipinski definition) is 6. The molecule has 3 heterocycles. The van der Waals surface area contributed by atoms with E-state index >= 15 is 0 Å². The molecule has 0 N–H and O–H groups in total. The number of para-hydroxylation sites is 1. The van der Waals surface area contributed by atoms with Crippen LogP contribution in [0.3, 0.4) is 0 Å². The number of nitrogens with zero attached hydrogens (tertiary/aromatic N) is 4. The number of rotatable bonds is 5. The molecule has 1 aliphatic heterocycles. The fraction of sp³-hybridized carbons (Fsp3) is 0.280. The smallest absolute Gasteiger partial charge is 0.311 e. The highest BCUT2D eigenvalue weighted by molar-refractivity contribution is 8.00. The highest BCUT2D eigenvalue weighted by Crippen LogP contribution is 2.28. The van der Waals surface area contributed by atoms with Crippen molar-refractivity contribution in [2.75, 3.05) is 17.7 Å². The molecule has 34 heavy (non-hydrogen) atoms. The quantitative estimate of drug-likeness (QED) is 0.395. The molecule has 0 bridgehead atoms. The van der Waals surface area contributed by atoms with Crippen molar-refractivity contribution in [2.24, 2.45) is 0 Å². The van der Waals surface area contributed by atoms with E-state index in [4.69, 9.17) is 0 Å². The number of amides is 1. The summed E-state index contributed by atoms with van der Waals surface area (Å²) in [6.45, 7) is 2.46. The Labute approximate surface area is 204 Å². The molecule has 2 aromatic carbocycles. The molecule has 7 nitrogen and oxygen atoms in total. The van der Waals surface area contributed by atoms with E-state index in [1.807, 2.05) is 49.6 Å². The normalized spacial score (nSPS) is 13.3. The number of benzene rings is 2. The molecule has 0 unspecified atom stereocenters. The first-order valence-corrected chi connectivity index (χ1v) is 13.2. The standard InChI is InChI=1S/C25H24N4O3S2/c1-3-16-10-12-18(13-11-16)29-23(31)21-22(26-24(33-2)34-21)28(25(29)32)15-20(30)27-14-6-8-17-7-4-5-9-19(17)27/h4-5,7,9-13H,3,6,8,14-15H2,1-2H3. The van der Waals surface area contributed by atoms with Crippen LogP contribution < -0.4 is 16.1 Å². The third-order valence-corrected chi connectivity index (χ3v) is 8.16. The van der Waals surface area contributed by atoms with Crippen molar-refractivity contribution in [3.63, 3.8) is 0 Å². The average molecular weight is 493 g/mol. The van der Waals surface area contributed by atoms with Crippen LogP contribution in [0.25, 0.3) is 16.0 Å². The van der Waals surface area contributed by atoms with Gasteiger partial charge in [-0.25, -0.2) is 14.3 Å². The summed E-state index contributed by atoms with van der Waals surface area (Å²) < 4.78 is 3.55. The fourth-order valence-corrected chi connectivity index (χ4v) is 5.86. The Morgan fingerprint density at radius 3 is 2.62 bits per heavy atom. The lowest BCUT2D eigenvalue weighted by molar-refractivity contribution is -0.119. The van der Waals surface area contributed by atoms with Crippen LogP contribution in [0.1, 0.15) is 24.5 Å². The molecule has 0 atom stereocenters. The molecule has 2 aromatic heterocycles.